The Morgan fingerprint density at radius 2 is 2.20 bits per heavy atom. The Bertz CT molecular complexity index is 591. The quantitative estimate of drug-likeness (QED) is 0.811. The Morgan fingerprint density at radius 1 is 1.35 bits per heavy atom. The van der Waals surface area contributed by atoms with Crippen LogP contribution in [0.4, 0.5) is 0 Å². The fourth-order valence-corrected chi connectivity index (χ4v) is 3.05. The molecular weight excluding hydrogens is 272 g/mol. The molecule has 2 heterocycles. The van der Waals surface area contributed by atoms with Crippen molar-refractivity contribution in [1.29, 1.82) is 0 Å². The molecule has 20 heavy (non-hydrogen) atoms. The molecule has 3 rings (SSSR count). The van der Waals surface area contributed by atoms with Crippen molar-refractivity contribution in [2.75, 3.05) is 26.3 Å². The number of aldehydes is 1. The molecule has 0 amide bonds. The molecule has 1 aromatic heterocycles. The normalized spacial score (nSPS) is 16.2. The Kier molecular flexibility index (Phi) is 4.20. The predicted molar refractivity (Wildman–Crippen MR) is 79.0 cm³/mol. The SMILES string of the molecule is O=Cc1csc(-c2cccc(CN3CCOCC3)c2)n1. The molecule has 1 aliphatic heterocycles. The summed E-state index contributed by atoms with van der Waals surface area (Å²) >= 11 is 1.51. The summed E-state index contributed by atoms with van der Waals surface area (Å²) in [6.45, 7) is 4.53. The van der Waals surface area contributed by atoms with Crippen molar-refractivity contribution in [3.63, 3.8) is 0 Å². The summed E-state index contributed by atoms with van der Waals surface area (Å²) in [6.07, 6.45) is 0.789. The van der Waals surface area contributed by atoms with Crippen LogP contribution >= 0.6 is 11.3 Å². The molecule has 0 bridgehead atoms. The largest absolute Gasteiger partial charge is 0.379 e. The van der Waals surface area contributed by atoms with Crippen LogP contribution in [0, 0.1) is 0 Å². The Labute approximate surface area is 122 Å². The van der Waals surface area contributed by atoms with E-state index in [-0.39, 0.29) is 0 Å². The number of hydrogen-bond acceptors (Lipinski definition) is 5. The van der Waals surface area contributed by atoms with Gasteiger partial charge in [-0.3, -0.25) is 9.69 Å². The molecule has 5 heteroatoms. The van der Waals surface area contributed by atoms with Gasteiger partial charge in [0.15, 0.2) is 6.29 Å². The van der Waals surface area contributed by atoms with Crippen molar-refractivity contribution in [2.45, 2.75) is 6.54 Å². The van der Waals surface area contributed by atoms with E-state index in [0.29, 0.717) is 5.69 Å². The second-order valence-electron chi connectivity index (χ2n) is 4.78. The van der Waals surface area contributed by atoms with Crippen molar-refractivity contribution in [1.82, 2.24) is 9.88 Å². The molecule has 0 N–H and O–H groups in total. The number of nitrogens with zero attached hydrogens (tertiary/aromatic N) is 2. The van der Waals surface area contributed by atoms with Crippen LogP contribution in [0.5, 0.6) is 0 Å². The molecule has 0 radical (unpaired) electrons. The predicted octanol–water partition coefficient (Wildman–Crippen LogP) is 2.45. The van der Waals surface area contributed by atoms with Crippen LogP contribution in [-0.2, 0) is 11.3 Å². The molecular formula is C15H16N2O2S. The molecule has 1 saturated heterocycles. The molecule has 4 nitrogen and oxygen atoms in total. The van der Waals surface area contributed by atoms with Crippen molar-refractivity contribution in [2.24, 2.45) is 0 Å². The van der Waals surface area contributed by atoms with Crippen LogP contribution in [0.1, 0.15) is 16.1 Å². The summed E-state index contributed by atoms with van der Waals surface area (Å²) in [5, 5.41) is 2.69. The lowest BCUT2D eigenvalue weighted by molar-refractivity contribution is 0.0342. The zero-order chi connectivity index (χ0) is 13.8. The number of hydrogen-bond donors (Lipinski definition) is 0. The van der Waals surface area contributed by atoms with Gasteiger partial charge < -0.3 is 4.74 Å². The first-order valence-electron chi connectivity index (χ1n) is 6.65. The Morgan fingerprint density at radius 3 is 2.95 bits per heavy atom. The van der Waals surface area contributed by atoms with E-state index in [0.717, 1.165) is 49.7 Å². The van der Waals surface area contributed by atoms with Crippen molar-refractivity contribution in [3.05, 3.63) is 40.9 Å². The zero-order valence-electron chi connectivity index (χ0n) is 11.1. The maximum absolute atomic E-state index is 10.7. The lowest BCUT2D eigenvalue weighted by Crippen LogP contribution is -2.35. The van der Waals surface area contributed by atoms with Gasteiger partial charge in [0.1, 0.15) is 10.7 Å². The molecule has 0 saturated carbocycles. The smallest absolute Gasteiger partial charge is 0.169 e. The highest BCUT2D eigenvalue weighted by Gasteiger charge is 2.11. The van der Waals surface area contributed by atoms with Gasteiger partial charge in [-0.15, -0.1) is 11.3 Å². The molecule has 0 atom stereocenters. The van der Waals surface area contributed by atoms with E-state index in [1.165, 1.54) is 16.9 Å². The highest BCUT2D eigenvalue weighted by atomic mass is 32.1. The fraction of sp³-hybridized carbons (Fsp3) is 0.333. The molecule has 1 aromatic carbocycles. The summed E-state index contributed by atoms with van der Waals surface area (Å²) in [6, 6.07) is 8.37. The summed E-state index contributed by atoms with van der Waals surface area (Å²) in [7, 11) is 0. The lowest BCUT2D eigenvalue weighted by Gasteiger charge is -2.26. The van der Waals surface area contributed by atoms with Crippen LogP contribution in [0.2, 0.25) is 0 Å². The highest BCUT2D eigenvalue weighted by Crippen LogP contribution is 2.24. The molecule has 0 unspecified atom stereocenters. The first-order chi connectivity index (χ1) is 9.85. The van der Waals surface area contributed by atoms with Crippen molar-refractivity contribution < 1.29 is 9.53 Å². The summed E-state index contributed by atoms with van der Waals surface area (Å²) in [4.78, 5) is 17.4. The summed E-state index contributed by atoms with van der Waals surface area (Å²) in [5.41, 5.74) is 2.85. The van der Waals surface area contributed by atoms with Crippen LogP contribution in [0.25, 0.3) is 10.6 Å². The van der Waals surface area contributed by atoms with Crippen LogP contribution in [0.15, 0.2) is 29.6 Å². The zero-order valence-corrected chi connectivity index (χ0v) is 11.9. The van der Waals surface area contributed by atoms with Gasteiger partial charge in [0, 0.05) is 30.6 Å². The highest BCUT2D eigenvalue weighted by molar-refractivity contribution is 7.13. The van der Waals surface area contributed by atoms with Gasteiger partial charge in [0.2, 0.25) is 0 Å². The fourth-order valence-electron chi connectivity index (χ4n) is 2.29. The van der Waals surface area contributed by atoms with E-state index >= 15 is 0 Å². The minimum absolute atomic E-state index is 0.503. The minimum Gasteiger partial charge on any atom is -0.379 e. The summed E-state index contributed by atoms with van der Waals surface area (Å²) in [5.74, 6) is 0. The Hall–Kier alpha value is -1.56. The van der Waals surface area contributed by atoms with Crippen LogP contribution in [0.3, 0.4) is 0 Å². The minimum atomic E-state index is 0.503. The maximum atomic E-state index is 10.7. The molecule has 0 aliphatic carbocycles. The number of carbonyl (C=O) groups is 1. The van der Waals surface area contributed by atoms with Gasteiger partial charge in [-0.05, 0) is 11.6 Å². The number of carbonyl (C=O) groups excluding carboxylic acids is 1. The Balaban J connectivity index is 1.76. The van der Waals surface area contributed by atoms with Gasteiger partial charge in [-0.1, -0.05) is 18.2 Å². The van der Waals surface area contributed by atoms with Crippen LogP contribution < -0.4 is 0 Å². The molecule has 1 aliphatic rings. The number of thiazole rings is 1. The third-order valence-electron chi connectivity index (χ3n) is 3.33. The second-order valence-corrected chi connectivity index (χ2v) is 5.64. The first kappa shape index (κ1) is 13.4. The summed E-state index contributed by atoms with van der Waals surface area (Å²) < 4.78 is 5.36. The third-order valence-corrected chi connectivity index (χ3v) is 4.24. The lowest BCUT2D eigenvalue weighted by atomic mass is 10.1. The first-order valence-corrected chi connectivity index (χ1v) is 7.53. The van der Waals surface area contributed by atoms with Gasteiger partial charge in [0.25, 0.3) is 0 Å². The number of benzene rings is 1. The average Bonchev–Trinajstić information content (AvgIpc) is 2.98. The third kappa shape index (κ3) is 3.12. The maximum Gasteiger partial charge on any atom is 0.169 e. The second kappa shape index (κ2) is 6.26. The van der Waals surface area contributed by atoms with Gasteiger partial charge in [0.05, 0.1) is 13.2 Å². The standard InChI is InChI=1S/C15H16N2O2S/c18-10-14-11-20-15(16-14)13-3-1-2-12(8-13)9-17-4-6-19-7-5-17/h1-3,8,10-11H,4-7,9H2. The molecule has 0 spiro atoms. The number of aromatic nitrogens is 1. The molecule has 104 valence electrons. The number of rotatable bonds is 4. The average molecular weight is 288 g/mol. The van der Waals surface area contributed by atoms with Crippen molar-refractivity contribution in [3.8, 4) is 10.6 Å². The van der Waals surface area contributed by atoms with E-state index in [1.54, 1.807) is 5.38 Å². The van der Waals surface area contributed by atoms with E-state index in [1.807, 2.05) is 12.1 Å². The number of ether oxygens (including phenoxy) is 1. The topological polar surface area (TPSA) is 42.4 Å². The molecule has 1 fully saturated rings. The van der Waals surface area contributed by atoms with Crippen molar-refractivity contribution >= 4 is 17.6 Å². The van der Waals surface area contributed by atoms with E-state index in [2.05, 4.69) is 22.0 Å². The van der Waals surface area contributed by atoms with Gasteiger partial charge in [-0.2, -0.15) is 0 Å². The van der Waals surface area contributed by atoms with Gasteiger partial charge in [-0.25, -0.2) is 4.98 Å². The van der Waals surface area contributed by atoms with Crippen LogP contribution in [-0.4, -0.2) is 42.5 Å². The van der Waals surface area contributed by atoms with E-state index in [9.17, 15) is 4.79 Å². The number of morpholine rings is 1. The molecule has 2 aromatic rings. The monoisotopic (exact) mass is 288 g/mol. The van der Waals surface area contributed by atoms with Gasteiger partial charge >= 0.3 is 0 Å². The van der Waals surface area contributed by atoms with E-state index in [4.69, 9.17) is 4.74 Å². The van der Waals surface area contributed by atoms with E-state index < -0.39 is 0 Å².